The van der Waals surface area contributed by atoms with E-state index in [0.717, 1.165) is 51.5 Å². The average Bonchev–Trinajstić information content (AvgIpc) is 2.97. The molecule has 1 N–H and O–H groups in total. The standard InChI is InChI=1S/C16H27NO3/c1-12(2)11-16(7-3-4-8-16)15(20)17-9-5-6-13(17)10-14(18)19/h12-13H,3-11H2,1-2H3,(H,18,19). The Kier molecular flexibility index (Phi) is 4.71. The first kappa shape index (κ1) is 15.3. The molecule has 1 saturated heterocycles. The van der Waals surface area contributed by atoms with E-state index in [1.807, 2.05) is 4.90 Å². The van der Waals surface area contributed by atoms with Crippen LogP contribution in [-0.2, 0) is 9.59 Å². The van der Waals surface area contributed by atoms with E-state index >= 15 is 0 Å². The molecule has 1 aliphatic carbocycles. The molecule has 1 saturated carbocycles. The van der Waals surface area contributed by atoms with Crippen molar-refractivity contribution in [1.29, 1.82) is 0 Å². The molecule has 0 radical (unpaired) electrons. The van der Waals surface area contributed by atoms with Crippen LogP contribution in [0.3, 0.4) is 0 Å². The van der Waals surface area contributed by atoms with Gasteiger partial charge in [0.25, 0.3) is 0 Å². The summed E-state index contributed by atoms with van der Waals surface area (Å²) in [4.78, 5) is 25.9. The molecule has 1 unspecified atom stereocenters. The van der Waals surface area contributed by atoms with Crippen molar-refractivity contribution in [3.05, 3.63) is 0 Å². The number of nitrogens with zero attached hydrogens (tertiary/aromatic N) is 1. The molecule has 1 amide bonds. The van der Waals surface area contributed by atoms with Crippen molar-refractivity contribution < 1.29 is 14.7 Å². The van der Waals surface area contributed by atoms with E-state index in [1.54, 1.807) is 0 Å². The quantitative estimate of drug-likeness (QED) is 0.842. The van der Waals surface area contributed by atoms with Crippen LogP contribution in [0.25, 0.3) is 0 Å². The van der Waals surface area contributed by atoms with E-state index in [4.69, 9.17) is 5.11 Å². The van der Waals surface area contributed by atoms with Crippen LogP contribution < -0.4 is 0 Å². The van der Waals surface area contributed by atoms with E-state index < -0.39 is 5.97 Å². The second-order valence-electron chi connectivity index (χ2n) is 6.98. The van der Waals surface area contributed by atoms with Crippen LogP contribution in [0, 0.1) is 11.3 Å². The predicted octanol–water partition coefficient (Wildman–Crippen LogP) is 3.06. The largest absolute Gasteiger partial charge is 0.481 e. The van der Waals surface area contributed by atoms with Crippen LogP contribution in [0.1, 0.15) is 65.2 Å². The third kappa shape index (κ3) is 3.15. The molecule has 1 atom stereocenters. The Morgan fingerprint density at radius 3 is 2.45 bits per heavy atom. The van der Waals surface area contributed by atoms with Gasteiger partial charge in [0, 0.05) is 18.0 Å². The van der Waals surface area contributed by atoms with Crippen LogP contribution in [0.5, 0.6) is 0 Å². The minimum Gasteiger partial charge on any atom is -0.481 e. The van der Waals surface area contributed by atoms with Crippen LogP contribution in [-0.4, -0.2) is 34.5 Å². The molecular weight excluding hydrogens is 254 g/mol. The molecule has 0 aromatic carbocycles. The third-order valence-electron chi connectivity index (χ3n) is 4.86. The van der Waals surface area contributed by atoms with E-state index in [0.29, 0.717) is 5.92 Å². The Labute approximate surface area is 121 Å². The molecular formula is C16H27NO3. The van der Waals surface area contributed by atoms with Crippen molar-refractivity contribution in [2.45, 2.75) is 71.3 Å². The van der Waals surface area contributed by atoms with E-state index in [9.17, 15) is 9.59 Å². The summed E-state index contributed by atoms with van der Waals surface area (Å²) < 4.78 is 0. The number of carboxylic acids is 1. The van der Waals surface area contributed by atoms with Gasteiger partial charge >= 0.3 is 5.97 Å². The Bertz CT molecular complexity index is 372. The molecule has 4 heteroatoms. The number of aliphatic carboxylic acids is 1. The summed E-state index contributed by atoms with van der Waals surface area (Å²) in [5.41, 5.74) is -0.199. The van der Waals surface area contributed by atoms with Gasteiger partial charge in [0.1, 0.15) is 0 Å². The smallest absolute Gasteiger partial charge is 0.305 e. The molecule has 1 aliphatic heterocycles. The van der Waals surface area contributed by atoms with Gasteiger partial charge in [0.2, 0.25) is 5.91 Å². The number of hydrogen-bond donors (Lipinski definition) is 1. The van der Waals surface area contributed by atoms with Gasteiger partial charge in [-0.1, -0.05) is 26.7 Å². The zero-order valence-corrected chi connectivity index (χ0v) is 12.7. The van der Waals surface area contributed by atoms with E-state index in [1.165, 1.54) is 0 Å². The fraction of sp³-hybridized carbons (Fsp3) is 0.875. The van der Waals surface area contributed by atoms with E-state index in [-0.39, 0.29) is 23.8 Å². The second kappa shape index (κ2) is 6.15. The van der Waals surface area contributed by atoms with Crippen molar-refractivity contribution in [2.75, 3.05) is 6.54 Å². The lowest BCUT2D eigenvalue weighted by molar-refractivity contribution is -0.146. The molecule has 20 heavy (non-hydrogen) atoms. The second-order valence-corrected chi connectivity index (χ2v) is 6.98. The summed E-state index contributed by atoms with van der Waals surface area (Å²) in [7, 11) is 0. The highest BCUT2D eigenvalue weighted by molar-refractivity contribution is 5.84. The molecule has 2 aliphatic rings. The van der Waals surface area contributed by atoms with E-state index in [2.05, 4.69) is 13.8 Å². The van der Waals surface area contributed by atoms with Crippen LogP contribution in [0.2, 0.25) is 0 Å². The van der Waals surface area contributed by atoms with Crippen molar-refractivity contribution in [3.63, 3.8) is 0 Å². The first-order valence-electron chi connectivity index (χ1n) is 7.97. The van der Waals surface area contributed by atoms with Gasteiger partial charge in [-0.2, -0.15) is 0 Å². The predicted molar refractivity (Wildman–Crippen MR) is 77.3 cm³/mol. The van der Waals surface area contributed by atoms with Gasteiger partial charge < -0.3 is 10.0 Å². The van der Waals surface area contributed by atoms with Gasteiger partial charge in [-0.25, -0.2) is 0 Å². The number of likely N-dealkylation sites (tertiary alicyclic amines) is 1. The SMILES string of the molecule is CC(C)CC1(C(=O)N2CCCC2CC(=O)O)CCCC1. The van der Waals surface area contributed by atoms with Crippen molar-refractivity contribution in [2.24, 2.45) is 11.3 Å². The molecule has 114 valence electrons. The maximum atomic E-state index is 13.0. The lowest BCUT2D eigenvalue weighted by atomic mass is 9.77. The van der Waals surface area contributed by atoms with Crippen molar-refractivity contribution >= 4 is 11.9 Å². The van der Waals surface area contributed by atoms with Gasteiger partial charge in [-0.05, 0) is 38.0 Å². The number of amides is 1. The summed E-state index contributed by atoms with van der Waals surface area (Å²) in [5, 5.41) is 9.01. The average molecular weight is 281 g/mol. The fourth-order valence-electron chi connectivity index (χ4n) is 4.16. The minimum atomic E-state index is -0.793. The molecule has 1 heterocycles. The monoisotopic (exact) mass is 281 g/mol. The summed E-state index contributed by atoms with van der Waals surface area (Å²) in [5.74, 6) is -0.0379. The fourth-order valence-corrected chi connectivity index (χ4v) is 4.16. The normalized spacial score (nSPS) is 25.4. The number of hydrogen-bond acceptors (Lipinski definition) is 2. The van der Waals surface area contributed by atoms with Gasteiger partial charge in [-0.15, -0.1) is 0 Å². The maximum absolute atomic E-state index is 13.0. The summed E-state index contributed by atoms with van der Waals surface area (Å²) in [6, 6.07) is -0.0790. The van der Waals surface area contributed by atoms with Crippen LogP contribution in [0.15, 0.2) is 0 Å². The number of carboxylic acid groups (broad SMARTS) is 1. The number of carbonyl (C=O) groups excluding carboxylic acids is 1. The molecule has 0 spiro atoms. The molecule has 2 rings (SSSR count). The Morgan fingerprint density at radius 1 is 1.25 bits per heavy atom. The molecule has 4 nitrogen and oxygen atoms in total. The summed E-state index contributed by atoms with van der Waals surface area (Å²) in [6.07, 6.45) is 7.08. The molecule has 0 aromatic rings. The molecule has 2 fully saturated rings. The first-order valence-corrected chi connectivity index (χ1v) is 7.97. The van der Waals surface area contributed by atoms with Crippen molar-refractivity contribution in [3.8, 4) is 0 Å². The summed E-state index contributed by atoms with van der Waals surface area (Å²) in [6.45, 7) is 5.09. The number of carbonyl (C=O) groups is 2. The summed E-state index contributed by atoms with van der Waals surface area (Å²) >= 11 is 0. The highest BCUT2D eigenvalue weighted by Crippen LogP contribution is 2.45. The zero-order chi connectivity index (χ0) is 14.8. The number of rotatable bonds is 5. The van der Waals surface area contributed by atoms with Gasteiger partial charge in [0.15, 0.2) is 0 Å². The topological polar surface area (TPSA) is 57.6 Å². The zero-order valence-electron chi connectivity index (χ0n) is 12.7. The van der Waals surface area contributed by atoms with Gasteiger partial charge in [0.05, 0.1) is 6.42 Å². The highest BCUT2D eigenvalue weighted by Gasteiger charge is 2.46. The van der Waals surface area contributed by atoms with Crippen LogP contribution in [0.4, 0.5) is 0 Å². The Hall–Kier alpha value is -1.06. The minimum absolute atomic E-state index is 0.0790. The lowest BCUT2D eigenvalue weighted by Crippen LogP contribution is -2.46. The maximum Gasteiger partial charge on any atom is 0.305 e. The Morgan fingerprint density at radius 2 is 1.90 bits per heavy atom. The van der Waals surface area contributed by atoms with Crippen molar-refractivity contribution in [1.82, 2.24) is 4.90 Å². The highest BCUT2D eigenvalue weighted by atomic mass is 16.4. The molecule has 0 aromatic heterocycles. The first-order chi connectivity index (χ1) is 9.44. The van der Waals surface area contributed by atoms with Crippen LogP contribution >= 0.6 is 0 Å². The Balaban J connectivity index is 2.12. The van der Waals surface area contributed by atoms with Gasteiger partial charge in [-0.3, -0.25) is 9.59 Å². The third-order valence-corrected chi connectivity index (χ3v) is 4.86. The lowest BCUT2D eigenvalue weighted by Gasteiger charge is -2.36. The molecule has 0 bridgehead atoms.